The second-order valence-corrected chi connectivity index (χ2v) is 9.07. The second-order valence-electron chi connectivity index (χ2n) is 9.07. The maximum atomic E-state index is 13.5. The molecule has 3 rings (SSSR count). The van der Waals surface area contributed by atoms with Crippen molar-refractivity contribution in [2.75, 3.05) is 0 Å². The molecule has 0 atom stereocenters. The SMILES string of the molecule is F/C=C/CCCCCC1CCC(C2CCC(c3ccc(F)c(F)c3)CC2)CC1. The fourth-order valence-electron chi connectivity index (χ4n) is 5.57. The minimum Gasteiger partial charge on any atom is -0.216 e. The van der Waals surface area contributed by atoms with E-state index in [4.69, 9.17) is 0 Å². The summed E-state index contributed by atoms with van der Waals surface area (Å²) >= 11 is 0. The largest absolute Gasteiger partial charge is 0.216 e. The number of hydrogen-bond acceptors (Lipinski definition) is 0. The van der Waals surface area contributed by atoms with Crippen LogP contribution in [0.2, 0.25) is 0 Å². The van der Waals surface area contributed by atoms with E-state index in [1.54, 1.807) is 12.1 Å². The second kappa shape index (κ2) is 11.1. The Kier molecular flexibility index (Phi) is 8.48. The quantitative estimate of drug-likeness (QED) is 0.389. The third kappa shape index (κ3) is 6.12. The molecule has 0 N–H and O–H groups in total. The van der Waals surface area contributed by atoms with Gasteiger partial charge in [0.2, 0.25) is 0 Å². The molecule has 0 saturated heterocycles. The van der Waals surface area contributed by atoms with Gasteiger partial charge in [-0.1, -0.05) is 44.2 Å². The molecule has 2 aliphatic rings. The lowest BCUT2D eigenvalue weighted by Gasteiger charge is -2.38. The first kappa shape index (κ1) is 21.5. The Bertz CT molecular complexity index is 608. The van der Waals surface area contributed by atoms with Crippen LogP contribution in [0.5, 0.6) is 0 Å². The highest BCUT2D eigenvalue weighted by Gasteiger charge is 2.31. The van der Waals surface area contributed by atoms with Gasteiger partial charge < -0.3 is 0 Å². The Labute approximate surface area is 168 Å². The Hall–Kier alpha value is -1.25. The molecule has 0 heterocycles. The summed E-state index contributed by atoms with van der Waals surface area (Å²) in [4.78, 5) is 0. The molecule has 2 aliphatic carbocycles. The van der Waals surface area contributed by atoms with Gasteiger partial charge in [0.1, 0.15) is 0 Å². The molecule has 2 fully saturated rings. The molecule has 1 aromatic carbocycles. The molecule has 2 saturated carbocycles. The van der Waals surface area contributed by atoms with E-state index in [9.17, 15) is 13.2 Å². The van der Waals surface area contributed by atoms with E-state index in [0.29, 0.717) is 12.2 Å². The lowest BCUT2D eigenvalue weighted by atomic mass is 9.68. The molecule has 0 radical (unpaired) electrons. The minimum absolute atomic E-state index is 0.398. The number of allylic oxidation sites excluding steroid dienone is 1. The van der Waals surface area contributed by atoms with Crippen LogP contribution in [-0.4, -0.2) is 0 Å². The van der Waals surface area contributed by atoms with Crippen molar-refractivity contribution in [1.82, 2.24) is 0 Å². The van der Waals surface area contributed by atoms with Gasteiger partial charge in [-0.3, -0.25) is 0 Å². The van der Waals surface area contributed by atoms with Crippen molar-refractivity contribution in [2.45, 2.75) is 89.4 Å². The lowest BCUT2D eigenvalue weighted by molar-refractivity contribution is 0.155. The zero-order valence-corrected chi connectivity index (χ0v) is 17.0. The summed E-state index contributed by atoms with van der Waals surface area (Å²) in [5.74, 6) is 1.54. The maximum absolute atomic E-state index is 13.5. The summed E-state index contributed by atoms with van der Waals surface area (Å²) in [5.41, 5.74) is 0.975. The van der Waals surface area contributed by atoms with Crippen LogP contribution in [0.25, 0.3) is 0 Å². The fraction of sp³-hybridized carbons (Fsp3) is 0.680. The van der Waals surface area contributed by atoms with Crippen LogP contribution >= 0.6 is 0 Å². The molecule has 0 aromatic heterocycles. The molecular formula is C25H35F3. The monoisotopic (exact) mass is 392 g/mol. The van der Waals surface area contributed by atoms with E-state index in [1.165, 1.54) is 69.9 Å². The first-order chi connectivity index (χ1) is 13.7. The summed E-state index contributed by atoms with van der Waals surface area (Å²) in [6.45, 7) is 0. The third-order valence-electron chi connectivity index (χ3n) is 7.32. The lowest BCUT2D eigenvalue weighted by Crippen LogP contribution is -2.25. The van der Waals surface area contributed by atoms with Crippen molar-refractivity contribution in [3.63, 3.8) is 0 Å². The summed E-state index contributed by atoms with van der Waals surface area (Å²) in [5, 5.41) is 0. The van der Waals surface area contributed by atoms with Gasteiger partial charge in [0.05, 0.1) is 6.33 Å². The molecule has 3 heteroatoms. The van der Waals surface area contributed by atoms with E-state index < -0.39 is 11.6 Å². The van der Waals surface area contributed by atoms with Crippen LogP contribution in [0.3, 0.4) is 0 Å². The Morgan fingerprint density at radius 3 is 2.11 bits per heavy atom. The van der Waals surface area contributed by atoms with E-state index >= 15 is 0 Å². The number of rotatable bonds is 8. The highest BCUT2D eigenvalue weighted by Crippen LogP contribution is 2.44. The van der Waals surface area contributed by atoms with Gasteiger partial charge >= 0.3 is 0 Å². The molecule has 0 amide bonds. The summed E-state index contributed by atoms with van der Waals surface area (Å²) in [6, 6.07) is 4.44. The molecule has 0 unspecified atom stereocenters. The highest BCUT2D eigenvalue weighted by atomic mass is 19.2. The van der Waals surface area contributed by atoms with Crippen molar-refractivity contribution in [2.24, 2.45) is 17.8 Å². The normalized spacial score (nSPS) is 28.7. The summed E-state index contributed by atoms with van der Waals surface area (Å²) in [7, 11) is 0. The van der Waals surface area contributed by atoms with Gasteiger partial charge in [-0.15, -0.1) is 0 Å². The van der Waals surface area contributed by atoms with Crippen LogP contribution in [0.15, 0.2) is 30.6 Å². The van der Waals surface area contributed by atoms with Gasteiger partial charge in [0.15, 0.2) is 11.6 Å². The molecular weight excluding hydrogens is 357 g/mol. The van der Waals surface area contributed by atoms with Crippen molar-refractivity contribution < 1.29 is 13.2 Å². The number of benzene rings is 1. The number of hydrogen-bond donors (Lipinski definition) is 0. The van der Waals surface area contributed by atoms with Gasteiger partial charge in [0, 0.05) is 0 Å². The summed E-state index contributed by atoms with van der Waals surface area (Å²) < 4.78 is 38.6. The number of unbranched alkanes of at least 4 members (excludes halogenated alkanes) is 3. The van der Waals surface area contributed by atoms with Crippen LogP contribution in [-0.2, 0) is 0 Å². The molecule has 0 nitrogen and oxygen atoms in total. The van der Waals surface area contributed by atoms with Crippen molar-refractivity contribution in [1.29, 1.82) is 0 Å². The molecule has 156 valence electrons. The summed E-state index contributed by atoms with van der Waals surface area (Å²) in [6.07, 6.45) is 18.3. The molecule has 0 spiro atoms. The maximum Gasteiger partial charge on any atom is 0.159 e. The smallest absolute Gasteiger partial charge is 0.159 e. The third-order valence-corrected chi connectivity index (χ3v) is 7.32. The van der Waals surface area contributed by atoms with Crippen molar-refractivity contribution in [3.8, 4) is 0 Å². The highest BCUT2D eigenvalue weighted by molar-refractivity contribution is 5.22. The van der Waals surface area contributed by atoms with Gasteiger partial charge in [-0.25, -0.2) is 13.2 Å². The first-order valence-corrected chi connectivity index (χ1v) is 11.4. The molecule has 0 aliphatic heterocycles. The van der Waals surface area contributed by atoms with Crippen LogP contribution in [0, 0.1) is 29.4 Å². The number of halogens is 3. The van der Waals surface area contributed by atoms with Gasteiger partial charge in [-0.2, -0.15) is 0 Å². The molecule has 0 bridgehead atoms. The Balaban J connectivity index is 1.34. The molecule has 28 heavy (non-hydrogen) atoms. The first-order valence-electron chi connectivity index (χ1n) is 11.4. The van der Waals surface area contributed by atoms with Crippen LogP contribution in [0.4, 0.5) is 13.2 Å². The van der Waals surface area contributed by atoms with E-state index in [0.717, 1.165) is 49.0 Å². The predicted molar refractivity (Wildman–Crippen MR) is 110 cm³/mol. The van der Waals surface area contributed by atoms with Crippen molar-refractivity contribution in [3.05, 3.63) is 47.8 Å². The van der Waals surface area contributed by atoms with Crippen molar-refractivity contribution >= 4 is 0 Å². The standard InChI is InChI=1S/C25H35F3/c26-17-5-3-1-2-4-6-19-7-9-20(10-8-19)21-11-13-22(14-12-21)23-15-16-24(27)25(28)18-23/h5,15-22H,1-4,6-14H2/b17-5+. The molecule has 1 aromatic rings. The average molecular weight is 393 g/mol. The fourth-order valence-corrected chi connectivity index (χ4v) is 5.57. The Morgan fingerprint density at radius 2 is 1.46 bits per heavy atom. The average Bonchev–Trinajstić information content (AvgIpc) is 2.73. The van der Waals surface area contributed by atoms with Gasteiger partial charge in [0.25, 0.3) is 0 Å². The topological polar surface area (TPSA) is 0 Å². The van der Waals surface area contributed by atoms with Gasteiger partial charge in [-0.05, 0) is 92.7 Å². The Morgan fingerprint density at radius 1 is 0.786 bits per heavy atom. The van der Waals surface area contributed by atoms with E-state index in [2.05, 4.69) is 0 Å². The predicted octanol–water partition coefficient (Wildman–Crippen LogP) is 8.48. The minimum atomic E-state index is -0.745. The van der Waals surface area contributed by atoms with Crippen LogP contribution < -0.4 is 0 Å². The zero-order chi connectivity index (χ0) is 19.8. The van der Waals surface area contributed by atoms with E-state index in [1.807, 2.05) is 0 Å². The van der Waals surface area contributed by atoms with Crippen LogP contribution in [0.1, 0.15) is 95.0 Å². The zero-order valence-electron chi connectivity index (χ0n) is 17.0. The van der Waals surface area contributed by atoms with E-state index in [-0.39, 0.29) is 0 Å².